The molecule has 2 aliphatic heterocycles. The fourth-order valence-electron chi connectivity index (χ4n) is 2.30. The summed E-state index contributed by atoms with van der Waals surface area (Å²) >= 11 is 0. The molecule has 0 aliphatic carbocycles. The molecule has 0 aromatic rings. The lowest BCUT2D eigenvalue weighted by molar-refractivity contribution is -0.132. The average Bonchev–Trinajstić information content (AvgIpc) is 2.88. The Morgan fingerprint density at radius 2 is 2.36 bits per heavy atom. The van der Waals surface area contributed by atoms with Crippen LogP contribution in [0.1, 0.15) is 19.3 Å². The number of carbonyl (C=O) groups is 1. The van der Waals surface area contributed by atoms with Gasteiger partial charge in [-0.25, -0.2) is 0 Å². The van der Waals surface area contributed by atoms with Crippen molar-refractivity contribution in [1.29, 1.82) is 0 Å². The van der Waals surface area contributed by atoms with Crippen molar-refractivity contribution in [3.63, 3.8) is 0 Å². The Kier molecular flexibility index (Phi) is 3.03. The van der Waals surface area contributed by atoms with Gasteiger partial charge in [0.05, 0.1) is 6.04 Å². The van der Waals surface area contributed by atoms with Gasteiger partial charge in [0.2, 0.25) is 5.91 Å². The number of carbonyl (C=O) groups excluding carboxylic acids is 1. The van der Waals surface area contributed by atoms with Gasteiger partial charge in [0.15, 0.2) is 0 Å². The Morgan fingerprint density at radius 3 is 2.93 bits per heavy atom. The molecule has 4 heteroatoms. The van der Waals surface area contributed by atoms with Crippen molar-refractivity contribution in [2.75, 3.05) is 26.2 Å². The van der Waals surface area contributed by atoms with E-state index in [2.05, 4.69) is 5.32 Å². The molecule has 14 heavy (non-hydrogen) atoms. The molecule has 1 amide bonds. The van der Waals surface area contributed by atoms with E-state index in [9.17, 15) is 4.79 Å². The molecule has 2 aliphatic rings. The molecule has 2 fully saturated rings. The van der Waals surface area contributed by atoms with E-state index in [1.165, 1.54) is 0 Å². The van der Waals surface area contributed by atoms with E-state index in [0.717, 1.165) is 38.9 Å². The maximum Gasteiger partial charge on any atom is 0.239 e. The number of nitrogens with zero attached hydrogens (tertiary/aromatic N) is 1. The first-order chi connectivity index (χ1) is 6.81. The van der Waals surface area contributed by atoms with Gasteiger partial charge in [0.1, 0.15) is 0 Å². The zero-order valence-electron chi connectivity index (χ0n) is 8.41. The minimum Gasteiger partial charge on any atom is -0.396 e. The molecule has 4 nitrogen and oxygen atoms in total. The molecule has 2 atom stereocenters. The van der Waals surface area contributed by atoms with Crippen molar-refractivity contribution in [3.8, 4) is 0 Å². The molecular weight excluding hydrogens is 180 g/mol. The van der Waals surface area contributed by atoms with Gasteiger partial charge in [-0.15, -0.1) is 0 Å². The predicted molar refractivity (Wildman–Crippen MR) is 52.8 cm³/mol. The number of amides is 1. The van der Waals surface area contributed by atoms with Gasteiger partial charge < -0.3 is 15.3 Å². The predicted octanol–water partition coefficient (Wildman–Crippen LogP) is -0.421. The molecule has 80 valence electrons. The normalized spacial score (nSPS) is 32.5. The third-order valence-corrected chi connectivity index (χ3v) is 3.21. The summed E-state index contributed by atoms with van der Waals surface area (Å²) in [5.41, 5.74) is 0. The third-order valence-electron chi connectivity index (χ3n) is 3.21. The summed E-state index contributed by atoms with van der Waals surface area (Å²) in [5.74, 6) is 0.541. The maximum absolute atomic E-state index is 11.9. The Morgan fingerprint density at radius 1 is 1.50 bits per heavy atom. The van der Waals surface area contributed by atoms with E-state index in [1.54, 1.807) is 0 Å². The molecule has 0 radical (unpaired) electrons. The van der Waals surface area contributed by atoms with E-state index < -0.39 is 0 Å². The van der Waals surface area contributed by atoms with E-state index >= 15 is 0 Å². The SMILES string of the molecule is O=C([C@@H]1CCCN1)N1CCC(CO)C1. The fraction of sp³-hybridized carbons (Fsp3) is 0.900. The second-order valence-corrected chi connectivity index (χ2v) is 4.27. The number of hydrogen-bond acceptors (Lipinski definition) is 3. The fourth-order valence-corrected chi connectivity index (χ4v) is 2.30. The lowest BCUT2D eigenvalue weighted by Crippen LogP contribution is -2.42. The number of nitrogens with one attached hydrogen (secondary N) is 1. The van der Waals surface area contributed by atoms with Crippen LogP contribution in [-0.4, -0.2) is 48.2 Å². The van der Waals surface area contributed by atoms with Crippen LogP contribution in [0, 0.1) is 5.92 Å². The summed E-state index contributed by atoms with van der Waals surface area (Å²) in [4.78, 5) is 13.8. The van der Waals surface area contributed by atoms with Crippen LogP contribution in [0.25, 0.3) is 0 Å². The number of aliphatic hydroxyl groups excluding tert-OH is 1. The highest BCUT2D eigenvalue weighted by atomic mass is 16.3. The van der Waals surface area contributed by atoms with Gasteiger partial charge in [0, 0.05) is 25.6 Å². The van der Waals surface area contributed by atoms with Crippen LogP contribution in [0.3, 0.4) is 0 Å². The summed E-state index contributed by atoms with van der Waals surface area (Å²) in [6.45, 7) is 2.74. The van der Waals surface area contributed by atoms with Crippen LogP contribution in [0.5, 0.6) is 0 Å². The highest BCUT2D eigenvalue weighted by molar-refractivity contribution is 5.82. The molecule has 0 spiro atoms. The highest BCUT2D eigenvalue weighted by Gasteiger charge is 2.31. The molecule has 0 bridgehead atoms. The van der Waals surface area contributed by atoms with Crippen molar-refractivity contribution < 1.29 is 9.90 Å². The number of rotatable bonds is 2. The largest absolute Gasteiger partial charge is 0.396 e. The zero-order valence-corrected chi connectivity index (χ0v) is 8.41. The summed E-state index contributed by atoms with van der Waals surface area (Å²) in [6.07, 6.45) is 3.03. The number of likely N-dealkylation sites (tertiary alicyclic amines) is 1. The van der Waals surface area contributed by atoms with E-state index in [-0.39, 0.29) is 18.6 Å². The molecule has 2 rings (SSSR count). The molecule has 1 unspecified atom stereocenters. The van der Waals surface area contributed by atoms with Crippen molar-refractivity contribution in [3.05, 3.63) is 0 Å². The van der Waals surface area contributed by atoms with E-state index in [4.69, 9.17) is 5.11 Å². The third kappa shape index (κ3) is 1.91. The van der Waals surface area contributed by atoms with Crippen molar-refractivity contribution in [1.82, 2.24) is 10.2 Å². The standard InChI is InChI=1S/C10H18N2O2/c13-7-8-3-5-12(6-8)10(14)9-2-1-4-11-9/h8-9,11,13H,1-7H2/t8?,9-/m0/s1. The van der Waals surface area contributed by atoms with Crippen LogP contribution in [0.4, 0.5) is 0 Å². The van der Waals surface area contributed by atoms with Crippen LogP contribution in [0.2, 0.25) is 0 Å². The first-order valence-corrected chi connectivity index (χ1v) is 5.44. The molecule has 0 aromatic carbocycles. The minimum absolute atomic E-state index is 0.0486. The molecule has 2 N–H and O–H groups in total. The van der Waals surface area contributed by atoms with Gasteiger partial charge in [-0.1, -0.05) is 0 Å². The molecule has 0 aromatic heterocycles. The smallest absolute Gasteiger partial charge is 0.239 e. The Balaban J connectivity index is 1.86. The van der Waals surface area contributed by atoms with Gasteiger partial charge in [-0.2, -0.15) is 0 Å². The summed E-state index contributed by atoms with van der Waals surface area (Å²) in [5, 5.41) is 12.2. The lowest BCUT2D eigenvalue weighted by Gasteiger charge is -2.20. The second kappa shape index (κ2) is 4.28. The van der Waals surface area contributed by atoms with E-state index in [0.29, 0.717) is 5.92 Å². The van der Waals surface area contributed by atoms with Crippen molar-refractivity contribution >= 4 is 5.91 Å². The lowest BCUT2D eigenvalue weighted by atomic mass is 10.1. The second-order valence-electron chi connectivity index (χ2n) is 4.27. The molecule has 2 heterocycles. The van der Waals surface area contributed by atoms with Crippen LogP contribution < -0.4 is 5.32 Å². The van der Waals surface area contributed by atoms with Gasteiger partial charge in [0.25, 0.3) is 0 Å². The monoisotopic (exact) mass is 198 g/mol. The quantitative estimate of drug-likeness (QED) is 0.633. The number of aliphatic hydroxyl groups is 1. The van der Waals surface area contributed by atoms with Crippen molar-refractivity contribution in [2.24, 2.45) is 5.92 Å². The minimum atomic E-state index is 0.0486. The summed E-state index contributed by atoms with van der Waals surface area (Å²) < 4.78 is 0. The Labute approximate surface area is 84.3 Å². The average molecular weight is 198 g/mol. The first-order valence-electron chi connectivity index (χ1n) is 5.44. The van der Waals surface area contributed by atoms with Crippen LogP contribution >= 0.6 is 0 Å². The van der Waals surface area contributed by atoms with Crippen LogP contribution in [0.15, 0.2) is 0 Å². The van der Waals surface area contributed by atoms with Gasteiger partial charge in [-0.05, 0) is 25.8 Å². The van der Waals surface area contributed by atoms with E-state index in [1.807, 2.05) is 4.90 Å². The maximum atomic E-state index is 11.9. The summed E-state index contributed by atoms with van der Waals surface area (Å²) in [6, 6.07) is 0.0486. The number of hydrogen-bond donors (Lipinski definition) is 2. The Bertz CT molecular complexity index is 214. The zero-order chi connectivity index (χ0) is 9.97. The summed E-state index contributed by atoms with van der Waals surface area (Å²) in [7, 11) is 0. The van der Waals surface area contributed by atoms with Crippen LogP contribution in [-0.2, 0) is 4.79 Å². The highest BCUT2D eigenvalue weighted by Crippen LogP contribution is 2.18. The topological polar surface area (TPSA) is 52.6 Å². The van der Waals surface area contributed by atoms with Crippen molar-refractivity contribution in [2.45, 2.75) is 25.3 Å². The Hall–Kier alpha value is -0.610. The molecular formula is C10H18N2O2. The van der Waals surface area contributed by atoms with Gasteiger partial charge >= 0.3 is 0 Å². The van der Waals surface area contributed by atoms with Gasteiger partial charge in [-0.3, -0.25) is 4.79 Å². The first kappa shape index (κ1) is 9.93. The molecule has 2 saturated heterocycles. The molecule has 0 saturated carbocycles.